The molecule has 0 saturated carbocycles. The predicted octanol–water partition coefficient (Wildman–Crippen LogP) is 5.80. The van der Waals surface area contributed by atoms with E-state index in [1.54, 1.807) is 68.4 Å². The lowest BCUT2D eigenvalue weighted by molar-refractivity contribution is 0.135. The fourth-order valence-corrected chi connectivity index (χ4v) is 5.22. The van der Waals surface area contributed by atoms with Crippen LogP contribution >= 0.6 is 11.6 Å². The Morgan fingerprint density at radius 3 is 2.03 bits per heavy atom. The van der Waals surface area contributed by atoms with Gasteiger partial charge in [0.15, 0.2) is 0 Å². The maximum Gasteiger partial charge on any atom is 0.408 e. The minimum Gasteiger partial charge on any atom is -0.445 e. The minimum atomic E-state index is -4.15. The number of halogens is 1. The molecule has 0 heterocycles. The van der Waals surface area contributed by atoms with E-state index >= 15 is 0 Å². The van der Waals surface area contributed by atoms with Gasteiger partial charge in [0.05, 0.1) is 12.1 Å². The summed E-state index contributed by atoms with van der Waals surface area (Å²) in [5, 5.41) is 2.01. The Bertz CT molecular complexity index is 1140. The molecule has 6 nitrogen and oxygen atoms in total. The molecule has 1 N–H and O–H groups in total. The van der Waals surface area contributed by atoms with Crippen molar-refractivity contribution in [2.45, 2.75) is 37.9 Å². The SMILES string of the molecule is CC(C)OS(=O)(=O)[C@@H](c1ccccc1)[C@H](NC(=O)OCc1ccccc1)c1ccc(Cl)cc1. The van der Waals surface area contributed by atoms with E-state index in [0.717, 1.165) is 5.56 Å². The number of amides is 1. The number of nitrogens with one attached hydrogen (secondary N) is 1. The number of carbonyl (C=O) groups excluding carboxylic acids is 1. The van der Waals surface area contributed by atoms with Crippen LogP contribution < -0.4 is 5.32 Å². The van der Waals surface area contributed by atoms with Gasteiger partial charge in [0.1, 0.15) is 11.9 Å². The Morgan fingerprint density at radius 1 is 0.879 bits per heavy atom. The summed E-state index contributed by atoms with van der Waals surface area (Å²) < 4.78 is 37.4. The number of carbonyl (C=O) groups is 1. The second-order valence-corrected chi connectivity index (χ2v) is 9.83. The summed E-state index contributed by atoms with van der Waals surface area (Å²) in [6.07, 6.45) is -1.32. The van der Waals surface area contributed by atoms with Crippen molar-refractivity contribution >= 4 is 27.8 Å². The van der Waals surface area contributed by atoms with Gasteiger partial charge in [0, 0.05) is 5.02 Å². The standard InChI is InChI=1S/C25H26ClNO5S/c1-18(2)32-33(29,30)24(21-11-7-4-8-12-21)23(20-13-15-22(26)16-14-20)27-25(28)31-17-19-9-5-3-6-10-19/h3-16,18,23-24H,17H2,1-2H3,(H,27,28)/t23-,24+/m1/s1. The largest absolute Gasteiger partial charge is 0.445 e. The normalized spacial score (nSPS) is 13.3. The van der Waals surface area contributed by atoms with Crippen molar-refractivity contribution < 1.29 is 22.1 Å². The van der Waals surface area contributed by atoms with E-state index in [1.807, 2.05) is 30.3 Å². The van der Waals surface area contributed by atoms with E-state index < -0.39 is 33.6 Å². The molecule has 0 aliphatic heterocycles. The van der Waals surface area contributed by atoms with E-state index in [9.17, 15) is 13.2 Å². The molecule has 0 aliphatic carbocycles. The first-order valence-corrected chi connectivity index (χ1v) is 12.3. The second kappa shape index (κ2) is 11.3. The first-order chi connectivity index (χ1) is 15.8. The van der Waals surface area contributed by atoms with E-state index in [2.05, 4.69) is 5.32 Å². The third kappa shape index (κ3) is 7.05. The average Bonchev–Trinajstić information content (AvgIpc) is 2.78. The minimum absolute atomic E-state index is 0.0469. The maximum atomic E-state index is 13.3. The summed E-state index contributed by atoms with van der Waals surface area (Å²) in [6.45, 7) is 3.32. The number of alkyl carbamates (subject to hydrolysis) is 1. The Kier molecular flexibility index (Phi) is 8.49. The lowest BCUT2D eigenvalue weighted by Gasteiger charge is -2.28. The Labute approximate surface area is 199 Å². The summed E-state index contributed by atoms with van der Waals surface area (Å²) >= 11 is 6.04. The van der Waals surface area contributed by atoms with E-state index in [-0.39, 0.29) is 6.61 Å². The van der Waals surface area contributed by atoms with Gasteiger partial charge in [-0.05, 0) is 42.7 Å². The highest BCUT2D eigenvalue weighted by molar-refractivity contribution is 7.87. The van der Waals surface area contributed by atoms with Crippen LogP contribution in [0.15, 0.2) is 84.9 Å². The molecule has 3 aromatic carbocycles. The Hall–Kier alpha value is -2.87. The highest BCUT2D eigenvalue weighted by Crippen LogP contribution is 2.37. The zero-order valence-corrected chi connectivity index (χ0v) is 19.9. The lowest BCUT2D eigenvalue weighted by Crippen LogP contribution is -2.37. The summed E-state index contributed by atoms with van der Waals surface area (Å²) in [7, 11) is -4.15. The van der Waals surface area contributed by atoms with Crippen molar-refractivity contribution in [3.05, 3.63) is 107 Å². The summed E-state index contributed by atoms with van der Waals surface area (Å²) in [6, 6.07) is 23.5. The third-order valence-corrected chi connectivity index (χ3v) is 6.86. The van der Waals surface area contributed by atoms with Gasteiger partial charge >= 0.3 is 6.09 Å². The van der Waals surface area contributed by atoms with Gasteiger partial charge in [0.2, 0.25) is 0 Å². The van der Waals surface area contributed by atoms with Gasteiger partial charge in [0.25, 0.3) is 10.1 Å². The van der Waals surface area contributed by atoms with Gasteiger partial charge in [-0.25, -0.2) is 4.79 Å². The quantitative estimate of drug-likeness (QED) is 0.385. The molecule has 0 fully saturated rings. The summed E-state index contributed by atoms with van der Waals surface area (Å²) in [4.78, 5) is 12.8. The molecule has 3 aromatic rings. The van der Waals surface area contributed by atoms with Gasteiger partial charge in [-0.3, -0.25) is 4.18 Å². The fourth-order valence-electron chi connectivity index (χ4n) is 3.39. The molecule has 8 heteroatoms. The smallest absolute Gasteiger partial charge is 0.408 e. The molecule has 0 bridgehead atoms. The molecule has 0 saturated heterocycles. The number of benzene rings is 3. The zero-order valence-electron chi connectivity index (χ0n) is 18.3. The van der Waals surface area contributed by atoms with Crippen molar-refractivity contribution in [2.24, 2.45) is 0 Å². The molecular formula is C25H26ClNO5S. The van der Waals surface area contributed by atoms with Crippen molar-refractivity contribution in [3.8, 4) is 0 Å². The highest BCUT2D eigenvalue weighted by atomic mass is 35.5. The Balaban J connectivity index is 1.97. The highest BCUT2D eigenvalue weighted by Gasteiger charge is 2.39. The molecule has 2 atom stereocenters. The van der Waals surface area contributed by atoms with Crippen LogP contribution in [0, 0.1) is 0 Å². The van der Waals surface area contributed by atoms with Crippen LogP contribution in [-0.4, -0.2) is 20.6 Å². The lowest BCUT2D eigenvalue weighted by atomic mass is 9.98. The van der Waals surface area contributed by atoms with Crippen LogP contribution in [0.1, 0.15) is 41.8 Å². The predicted molar refractivity (Wildman–Crippen MR) is 128 cm³/mol. The number of rotatable bonds is 9. The average molecular weight is 488 g/mol. The molecule has 3 rings (SSSR count). The molecular weight excluding hydrogens is 462 g/mol. The topological polar surface area (TPSA) is 81.7 Å². The van der Waals surface area contributed by atoms with Crippen LogP contribution in [-0.2, 0) is 25.6 Å². The summed E-state index contributed by atoms with van der Waals surface area (Å²) in [5.74, 6) is 0. The van der Waals surface area contributed by atoms with E-state index in [4.69, 9.17) is 20.5 Å². The molecule has 174 valence electrons. The van der Waals surface area contributed by atoms with Gasteiger partial charge < -0.3 is 10.1 Å². The van der Waals surface area contributed by atoms with E-state index in [1.165, 1.54) is 0 Å². The second-order valence-electron chi connectivity index (χ2n) is 7.70. The van der Waals surface area contributed by atoms with Crippen LogP contribution in [0.5, 0.6) is 0 Å². The van der Waals surface area contributed by atoms with Crippen molar-refractivity contribution in [1.29, 1.82) is 0 Å². The molecule has 0 spiro atoms. The third-order valence-electron chi connectivity index (χ3n) is 4.78. The number of ether oxygens (including phenoxy) is 1. The zero-order chi connectivity index (χ0) is 23.8. The molecule has 1 amide bonds. The van der Waals surface area contributed by atoms with Gasteiger partial charge in [-0.1, -0.05) is 84.4 Å². The van der Waals surface area contributed by atoms with Gasteiger partial charge in [-0.2, -0.15) is 8.42 Å². The van der Waals surface area contributed by atoms with Crippen molar-refractivity contribution in [2.75, 3.05) is 0 Å². The number of hydrogen-bond acceptors (Lipinski definition) is 5. The monoisotopic (exact) mass is 487 g/mol. The molecule has 33 heavy (non-hydrogen) atoms. The van der Waals surface area contributed by atoms with Crippen LogP contribution in [0.25, 0.3) is 0 Å². The molecule has 0 aromatic heterocycles. The first-order valence-electron chi connectivity index (χ1n) is 10.5. The van der Waals surface area contributed by atoms with Crippen LogP contribution in [0.4, 0.5) is 4.79 Å². The van der Waals surface area contributed by atoms with Crippen molar-refractivity contribution in [1.82, 2.24) is 5.32 Å². The Morgan fingerprint density at radius 2 is 1.45 bits per heavy atom. The maximum absolute atomic E-state index is 13.3. The van der Waals surface area contributed by atoms with Gasteiger partial charge in [-0.15, -0.1) is 0 Å². The molecule has 0 unspecified atom stereocenters. The first kappa shape index (κ1) is 24.8. The van der Waals surface area contributed by atoms with Crippen LogP contribution in [0.2, 0.25) is 5.02 Å². The molecule has 0 radical (unpaired) electrons. The van der Waals surface area contributed by atoms with Crippen molar-refractivity contribution in [3.63, 3.8) is 0 Å². The summed E-state index contributed by atoms with van der Waals surface area (Å²) in [5.41, 5.74) is 1.83. The number of hydrogen-bond donors (Lipinski definition) is 1. The molecule has 0 aliphatic rings. The van der Waals surface area contributed by atoms with E-state index in [0.29, 0.717) is 16.1 Å². The van der Waals surface area contributed by atoms with Crippen LogP contribution in [0.3, 0.4) is 0 Å². The fraction of sp³-hybridized carbons (Fsp3) is 0.240.